The van der Waals surface area contributed by atoms with Gasteiger partial charge in [-0.05, 0) is 35.4 Å². The Hall–Kier alpha value is -3.90. The van der Waals surface area contributed by atoms with E-state index in [0.717, 1.165) is 61.6 Å². The van der Waals surface area contributed by atoms with E-state index < -0.39 is 21.8 Å². The lowest BCUT2D eigenvalue weighted by atomic mass is 10.2. The van der Waals surface area contributed by atoms with Crippen LogP contribution in [0.4, 0.5) is 11.4 Å². The predicted octanol–water partition coefficient (Wildman–Crippen LogP) is -2.22. The minimum absolute atomic E-state index is 0.0689. The van der Waals surface area contributed by atoms with Crippen molar-refractivity contribution in [3.05, 3.63) is 79.9 Å². The van der Waals surface area contributed by atoms with Gasteiger partial charge in [0.2, 0.25) is 0 Å². The first-order valence-corrected chi connectivity index (χ1v) is 8.14. The molecule has 0 saturated heterocycles. The second-order valence-corrected chi connectivity index (χ2v) is 5.24. The van der Waals surface area contributed by atoms with Crippen LogP contribution in [0.1, 0.15) is 27.1 Å². The van der Waals surface area contributed by atoms with Gasteiger partial charge in [0.15, 0.2) is 0 Å². The smallest absolute Gasteiger partial charge is 0.269 e. The molecule has 0 heterocycles. The third-order valence-electron chi connectivity index (χ3n) is 3.13. The number of nitro benzene ring substituents is 2. The number of aromatic carboxylic acids is 2. The van der Waals surface area contributed by atoms with Crippen molar-refractivity contribution in [2.24, 2.45) is 0 Å². The van der Waals surface area contributed by atoms with Crippen LogP contribution in [-0.2, 0) is 0 Å². The quantitative estimate of drug-likeness (QED) is 0.392. The van der Waals surface area contributed by atoms with Crippen molar-refractivity contribution >= 4 is 23.3 Å². The molecule has 0 bridgehead atoms. The van der Waals surface area contributed by atoms with E-state index in [4.69, 9.17) is 0 Å². The van der Waals surface area contributed by atoms with Gasteiger partial charge in [-0.15, -0.1) is 0 Å². The van der Waals surface area contributed by atoms with Crippen LogP contribution in [0.3, 0.4) is 0 Å². The monoisotopic (exact) mass is 408 g/mol. The molecule has 2 aromatic rings. The van der Waals surface area contributed by atoms with Crippen molar-refractivity contribution < 1.29 is 41.1 Å². The Morgan fingerprint density at radius 2 is 0.966 bits per heavy atom. The number of carboxylic acid groups (broad SMARTS) is 2. The van der Waals surface area contributed by atoms with Gasteiger partial charge in [0.05, 0.1) is 34.9 Å². The largest absolute Gasteiger partial charge is 0.545 e. The number of carbonyl (C=O) groups is 2. The van der Waals surface area contributed by atoms with Crippen LogP contribution < -0.4 is 21.7 Å². The molecule has 0 amide bonds. The average Bonchev–Trinajstić information content (AvgIpc) is 2.69. The number of rotatable bonds is 6. The van der Waals surface area contributed by atoms with E-state index in [1.807, 2.05) is 0 Å². The highest BCUT2D eigenvalue weighted by molar-refractivity contribution is 5.86. The molecule has 0 fully saturated rings. The summed E-state index contributed by atoms with van der Waals surface area (Å²) in [6, 6.07) is 8.99. The van der Waals surface area contributed by atoms with Crippen molar-refractivity contribution in [2.75, 3.05) is 13.1 Å². The first-order valence-electron chi connectivity index (χ1n) is 8.14. The normalized spacial score (nSPS) is 9.17. The highest BCUT2D eigenvalue weighted by Gasteiger charge is 2.04. The second kappa shape index (κ2) is 13.3. The van der Waals surface area contributed by atoms with E-state index in [1.54, 1.807) is 0 Å². The minimum Gasteiger partial charge on any atom is -0.545 e. The molecule has 0 aromatic heterocycles. The van der Waals surface area contributed by atoms with Crippen LogP contribution in [0.5, 0.6) is 0 Å². The molecule has 12 nitrogen and oxygen atoms in total. The Labute approximate surface area is 164 Å². The third kappa shape index (κ3) is 10.1. The Balaban J connectivity index is 0.000000442. The van der Waals surface area contributed by atoms with Crippen LogP contribution in [0.2, 0.25) is 0 Å². The van der Waals surface area contributed by atoms with Crippen LogP contribution in [0.15, 0.2) is 48.5 Å². The fraction of sp³-hybridized carbons (Fsp3) is 0.176. The van der Waals surface area contributed by atoms with E-state index in [2.05, 4.69) is 11.5 Å². The minimum atomic E-state index is -1.34. The molecule has 0 unspecified atom stereocenters. The number of carbonyl (C=O) groups excluding carboxylic acids is 2. The van der Waals surface area contributed by atoms with Gasteiger partial charge >= 0.3 is 0 Å². The molecule has 0 aliphatic carbocycles. The lowest BCUT2D eigenvalue weighted by Gasteiger charge is -1.99. The van der Waals surface area contributed by atoms with Crippen molar-refractivity contribution in [3.8, 4) is 0 Å². The summed E-state index contributed by atoms with van der Waals surface area (Å²) in [6.45, 7) is 2.06. The third-order valence-corrected chi connectivity index (χ3v) is 3.13. The second-order valence-electron chi connectivity index (χ2n) is 5.24. The van der Waals surface area contributed by atoms with E-state index >= 15 is 0 Å². The Kier molecular flexibility index (Phi) is 11.5. The Morgan fingerprint density at radius 1 is 0.690 bits per heavy atom. The van der Waals surface area contributed by atoms with Gasteiger partial charge in [0.1, 0.15) is 0 Å². The number of quaternary nitrogens is 2. The van der Waals surface area contributed by atoms with E-state index in [0.29, 0.717) is 0 Å². The summed E-state index contributed by atoms with van der Waals surface area (Å²) in [5, 5.41) is 40.7. The molecule has 0 saturated carbocycles. The van der Waals surface area contributed by atoms with Gasteiger partial charge in [-0.1, -0.05) is 0 Å². The van der Waals surface area contributed by atoms with Gasteiger partial charge in [0.25, 0.3) is 11.4 Å². The van der Waals surface area contributed by atoms with Gasteiger partial charge in [-0.2, -0.15) is 0 Å². The number of hydrogen-bond donors (Lipinski definition) is 2. The number of hydrogen-bond acceptors (Lipinski definition) is 8. The number of benzene rings is 2. The van der Waals surface area contributed by atoms with Gasteiger partial charge in [0, 0.05) is 30.7 Å². The lowest BCUT2D eigenvalue weighted by Crippen LogP contribution is -2.56. The molecule has 0 aliphatic heterocycles. The highest BCUT2D eigenvalue weighted by Crippen LogP contribution is 2.11. The number of non-ortho nitro benzene ring substituents is 2. The van der Waals surface area contributed by atoms with Crippen molar-refractivity contribution in [1.82, 2.24) is 0 Å². The first kappa shape index (κ1) is 25.1. The summed E-state index contributed by atoms with van der Waals surface area (Å²) in [6.07, 6.45) is 1.17. The van der Waals surface area contributed by atoms with Crippen molar-refractivity contribution in [3.63, 3.8) is 0 Å². The van der Waals surface area contributed by atoms with E-state index in [1.165, 1.54) is 6.42 Å². The zero-order valence-electron chi connectivity index (χ0n) is 15.3. The van der Waals surface area contributed by atoms with Crippen LogP contribution in [0, 0.1) is 20.2 Å². The summed E-state index contributed by atoms with van der Waals surface area (Å²) < 4.78 is 0. The summed E-state index contributed by atoms with van der Waals surface area (Å²) >= 11 is 0. The molecule has 6 N–H and O–H groups in total. The topological polar surface area (TPSA) is 222 Å². The summed E-state index contributed by atoms with van der Waals surface area (Å²) in [5.41, 5.74) is 6.86. The maximum atomic E-state index is 10.2. The maximum absolute atomic E-state index is 10.2. The molecule has 12 heteroatoms. The highest BCUT2D eigenvalue weighted by atomic mass is 16.6. The summed E-state index contributed by atoms with van der Waals surface area (Å²) in [4.78, 5) is 39.5. The number of nitrogens with zero attached hydrogens (tertiary/aromatic N) is 2. The van der Waals surface area contributed by atoms with Crippen molar-refractivity contribution in [1.29, 1.82) is 0 Å². The molecule has 0 atom stereocenters. The fourth-order valence-corrected chi connectivity index (χ4v) is 1.62. The number of carboxylic acids is 2. The molecular weight excluding hydrogens is 388 g/mol. The zero-order chi connectivity index (χ0) is 22.4. The van der Waals surface area contributed by atoms with Crippen LogP contribution in [-0.4, -0.2) is 34.9 Å². The molecule has 0 spiro atoms. The SMILES string of the molecule is O=C([O-])c1ccc([N+](=O)[O-])cc1.O=C([O-])c1ccc([N+](=O)[O-])cc1.[NH3+]CCC[NH3+]. The lowest BCUT2D eigenvalue weighted by molar-refractivity contribution is -0.404. The summed E-state index contributed by atoms with van der Waals surface area (Å²) in [5.74, 6) is -2.69. The van der Waals surface area contributed by atoms with Crippen LogP contribution in [0.25, 0.3) is 0 Å². The molecule has 2 rings (SSSR count). The molecular formula is C17H20N4O8. The predicted molar refractivity (Wildman–Crippen MR) is 95.0 cm³/mol. The van der Waals surface area contributed by atoms with Crippen molar-refractivity contribution in [2.45, 2.75) is 6.42 Å². The Bertz CT molecular complexity index is 687. The molecule has 156 valence electrons. The summed E-state index contributed by atoms with van der Waals surface area (Å²) in [7, 11) is 0. The average molecular weight is 408 g/mol. The standard InChI is InChI=1S/2C7H5NO4.C3H10N2/c2*9-7(10)5-1-3-6(4-2-5)8(11)12;4-2-1-3-5/h2*1-4H,(H,9,10);1-5H2. The fourth-order valence-electron chi connectivity index (χ4n) is 1.62. The van der Waals surface area contributed by atoms with E-state index in [9.17, 15) is 40.0 Å². The molecule has 0 radical (unpaired) electrons. The molecule has 0 aliphatic rings. The maximum Gasteiger partial charge on any atom is 0.269 e. The Morgan fingerprint density at radius 3 is 1.10 bits per heavy atom. The molecule has 29 heavy (non-hydrogen) atoms. The zero-order valence-corrected chi connectivity index (χ0v) is 15.3. The molecule has 2 aromatic carbocycles. The number of nitro groups is 2. The van der Waals surface area contributed by atoms with E-state index in [-0.39, 0.29) is 22.5 Å². The van der Waals surface area contributed by atoms with Gasteiger partial charge in [-0.3, -0.25) is 20.2 Å². The first-order chi connectivity index (χ1) is 13.6. The van der Waals surface area contributed by atoms with Crippen LogP contribution >= 0.6 is 0 Å². The van der Waals surface area contributed by atoms with Gasteiger partial charge in [-0.25, -0.2) is 0 Å². The van der Waals surface area contributed by atoms with Gasteiger partial charge < -0.3 is 31.3 Å².